The zero-order chi connectivity index (χ0) is 21.4. The fraction of sp³-hybridized carbons (Fsp3) is 0.333. The summed E-state index contributed by atoms with van der Waals surface area (Å²) in [7, 11) is 0. The molecule has 2 aromatic carbocycles. The maximum atomic E-state index is 12.5. The van der Waals surface area contributed by atoms with E-state index in [0.29, 0.717) is 12.4 Å². The first-order valence-corrected chi connectivity index (χ1v) is 10.4. The van der Waals surface area contributed by atoms with E-state index in [0.717, 1.165) is 23.9 Å². The van der Waals surface area contributed by atoms with E-state index < -0.39 is 11.2 Å². The van der Waals surface area contributed by atoms with Gasteiger partial charge in [0.05, 0.1) is 11.0 Å². The Morgan fingerprint density at radius 3 is 2.50 bits per heavy atom. The van der Waals surface area contributed by atoms with Crippen molar-refractivity contribution in [2.45, 2.75) is 47.1 Å². The summed E-state index contributed by atoms with van der Waals surface area (Å²) < 4.78 is 1.99. The van der Waals surface area contributed by atoms with E-state index in [1.807, 2.05) is 10.6 Å². The van der Waals surface area contributed by atoms with Gasteiger partial charge in [-0.05, 0) is 61.4 Å². The van der Waals surface area contributed by atoms with Crippen LogP contribution in [0.15, 0.2) is 46.0 Å². The lowest BCUT2D eigenvalue weighted by atomic mass is 9.99. The van der Waals surface area contributed by atoms with Gasteiger partial charge in [0.2, 0.25) is 0 Å². The third-order valence-corrected chi connectivity index (χ3v) is 5.65. The molecule has 1 N–H and O–H groups in total. The third-order valence-electron chi connectivity index (χ3n) is 5.65. The van der Waals surface area contributed by atoms with E-state index in [1.165, 1.54) is 22.3 Å². The van der Waals surface area contributed by atoms with Gasteiger partial charge in [-0.2, -0.15) is 4.98 Å². The first-order chi connectivity index (χ1) is 14.4. The number of nitrogens with zero attached hydrogens (tertiary/aromatic N) is 3. The van der Waals surface area contributed by atoms with Crippen molar-refractivity contribution in [3.05, 3.63) is 79.5 Å². The Labute approximate surface area is 175 Å². The zero-order valence-electron chi connectivity index (χ0n) is 17.8. The Balaban J connectivity index is 1.86. The topological polar surface area (TPSA) is 80.6 Å². The largest absolute Gasteiger partial charge is 0.349 e. The van der Waals surface area contributed by atoms with E-state index in [9.17, 15) is 9.59 Å². The molecule has 30 heavy (non-hydrogen) atoms. The molecule has 0 spiro atoms. The van der Waals surface area contributed by atoms with Gasteiger partial charge in [0.1, 0.15) is 0 Å². The zero-order valence-corrected chi connectivity index (χ0v) is 17.8. The van der Waals surface area contributed by atoms with Crippen LogP contribution < -0.4 is 11.2 Å². The van der Waals surface area contributed by atoms with E-state index in [1.54, 1.807) is 0 Å². The molecule has 2 heterocycles. The average molecular weight is 402 g/mol. The van der Waals surface area contributed by atoms with Crippen LogP contribution in [0.1, 0.15) is 36.1 Å². The average Bonchev–Trinajstić information content (AvgIpc) is 2.70. The Hall–Kier alpha value is -3.28. The first-order valence-electron chi connectivity index (χ1n) is 10.4. The normalized spacial score (nSPS) is 12.5. The summed E-state index contributed by atoms with van der Waals surface area (Å²) in [5, 5.41) is 0. The lowest BCUT2D eigenvalue weighted by Crippen LogP contribution is -2.29. The highest BCUT2D eigenvalue weighted by molar-refractivity contribution is 5.81. The van der Waals surface area contributed by atoms with Crippen molar-refractivity contribution in [3.63, 3.8) is 0 Å². The highest BCUT2D eigenvalue weighted by atomic mass is 16.2. The quantitative estimate of drug-likeness (QED) is 0.517. The fourth-order valence-electron chi connectivity index (χ4n) is 4.06. The molecule has 0 aliphatic carbocycles. The van der Waals surface area contributed by atoms with Gasteiger partial charge in [-0.25, -0.2) is 9.78 Å². The molecule has 2 aliphatic heterocycles. The second kappa shape index (κ2) is 7.86. The summed E-state index contributed by atoms with van der Waals surface area (Å²) in [4.78, 5) is 35.3. The molecule has 0 amide bonds. The van der Waals surface area contributed by atoms with Crippen molar-refractivity contribution in [3.8, 4) is 11.5 Å². The van der Waals surface area contributed by atoms with Crippen LogP contribution in [0.25, 0.3) is 22.6 Å². The van der Waals surface area contributed by atoms with Crippen LogP contribution >= 0.6 is 0 Å². The number of H-pyrrole nitrogens is 1. The number of hydrogen-bond donors (Lipinski definition) is 1. The summed E-state index contributed by atoms with van der Waals surface area (Å²) in [6, 6.07) is 12.7. The number of aryl methyl sites for hydroxylation is 3. The lowest BCUT2D eigenvalue weighted by molar-refractivity contribution is 0.485. The van der Waals surface area contributed by atoms with Gasteiger partial charge >= 0.3 is 5.69 Å². The van der Waals surface area contributed by atoms with Gasteiger partial charge in [-0.15, -0.1) is 0 Å². The summed E-state index contributed by atoms with van der Waals surface area (Å²) in [5.41, 5.74) is 5.56. The Kier molecular flexibility index (Phi) is 5.24. The molecule has 2 aliphatic rings. The maximum Gasteiger partial charge on any atom is 0.349 e. The summed E-state index contributed by atoms with van der Waals surface area (Å²) in [6.07, 6.45) is 1.78. The molecular weight excluding hydrogens is 376 g/mol. The van der Waals surface area contributed by atoms with E-state index in [4.69, 9.17) is 0 Å². The fourth-order valence-corrected chi connectivity index (χ4v) is 4.06. The first kappa shape index (κ1) is 20.0. The molecule has 2 aromatic rings. The van der Waals surface area contributed by atoms with Crippen LogP contribution in [-0.2, 0) is 19.4 Å². The molecule has 0 aromatic heterocycles. The van der Waals surface area contributed by atoms with Gasteiger partial charge in [-0.1, -0.05) is 43.7 Å². The molecule has 154 valence electrons. The molecule has 0 fully saturated rings. The molecule has 1 unspecified atom stereocenters. The summed E-state index contributed by atoms with van der Waals surface area (Å²) in [5.74, 6) is 0.615. The van der Waals surface area contributed by atoms with Crippen LogP contribution in [0.2, 0.25) is 0 Å². The van der Waals surface area contributed by atoms with Crippen LogP contribution in [0.3, 0.4) is 0 Å². The molecule has 4 rings (SSSR count). The lowest BCUT2D eigenvalue weighted by Gasteiger charge is -2.21. The van der Waals surface area contributed by atoms with Crippen molar-refractivity contribution in [2.75, 3.05) is 0 Å². The van der Waals surface area contributed by atoms with E-state index in [2.05, 4.69) is 73.0 Å². The molecule has 0 radical (unpaired) electrons. The smallest absolute Gasteiger partial charge is 0.322 e. The highest BCUT2D eigenvalue weighted by Crippen LogP contribution is 2.26. The number of nitrogens with one attached hydrogen (secondary N) is 1. The number of aromatic nitrogens is 4. The van der Waals surface area contributed by atoms with Gasteiger partial charge in [-0.3, -0.25) is 9.78 Å². The Bertz CT molecular complexity index is 1300. The Morgan fingerprint density at radius 1 is 1.07 bits per heavy atom. The number of fused-ring (bicyclic) bond motifs is 2. The maximum absolute atomic E-state index is 12.5. The van der Waals surface area contributed by atoms with Crippen LogP contribution in [0.4, 0.5) is 0 Å². The molecule has 6 nitrogen and oxygen atoms in total. The number of hydrogen-bond acceptors (Lipinski definition) is 4. The minimum atomic E-state index is -0.643. The standard InChI is InChI=1S/C24H26N4O2/c1-5-18-12-19-20(11-16(18)4)28(22-21(25-19)23(29)27-24(30)26-22)13-15(3)10-17-8-6-14(2)7-9-17/h6-9,11-12,15H,5,10,13H2,1-4H3,(H,27,29,30). The highest BCUT2D eigenvalue weighted by Gasteiger charge is 2.20. The van der Waals surface area contributed by atoms with Crippen molar-refractivity contribution in [1.29, 1.82) is 0 Å². The molecule has 1 atom stereocenters. The monoisotopic (exact) mass is 402 g/mol. The second-order valence-corrected chi connectivity index (χ2v) is 8.18. The molecule has 6 heteroatoms. The molecular formula is C24H26N4O2. The SMILES string of the molecule is CCc1cc2nc3c(=O)[nH]c(=O)nc-3n(CC(C)Cc3ccc(C)cc3)c2cc1C. The predicted octanol–water partition coefficient (Wildman–Crippen LogP) is 3.64. The van der Waals surface area contributed by atoms with Crippen LogP contribution in [-0.4, -0.2) is 19.5 Å². The molecule has 0 bridgehead atoms. The molecule has 0 saturated heterocycles. The van der Waals surface area contributed by atoms with Crippen molar-refractivity contribution in [2.24, 2.45) is 5.92 Å². The van der Waals surface area contributed by atoms with Gasteiger partial charge in [0.15, 0.2) is 11.5 Å². The summed E-state index contributed by atoms with van der Waals surface area (Å²) >= 11 is 0. The minimum Gasteiger partial charge on any atom is -0.322 e. The van der Waals surface area contributed by atoms with Gasteiger partial charge < -0.3 is 4.57 Å². The van der Waals surface area contributed by atoms with Crippen LogP contribution in [0, 0.1) is 19.8 Å². The third kappa shape index (κ3) is 3.77. The van der Waals surface area contributed by atoms with Crippen molar-refractivity contribution < 1.29 is 0 Å². The number of rotatable bonds is 5. The molecule has 0 saturated carbocycles. The van der Waals surface area contributed by atoms with Gasteiger partial charge in [0, 0.05) is 6.54 Å². The van der Waals surface area contributed by atoms with Crippen LogP contribution in [0.5, 0.6) is 0 Å². The van der Waals surface area contributed by atoms with E-state index >= 15 is 0 Å². The number of aromatic amines is 1. The summed E-state index contributed by atoms with van der Waals surface area (Å²) in [6.45, 7) is 9.06. The minimum absolute atomic E-state index is 0.204. The van der Waals surface area contributed by atoms with Gasteiger partial charge in [0.25, 0.3) is 5.56 Å². The number of benzene rings is 2. The predicted molar refractivity (Wildman–Crippen MR) is 119 cm³/mol. The second-order valence-electron chi connectivity index (χ2n) is 8.18. The van der Waals surface area contributed by atoms with Crippen molar-refractivity contribution >= 4 is 11.0 Å². The Morgan fingerprint density at radius 2 is 1.80 bits per heavy atom. The van der Waals surface area contributed by atoms with E-state index in [-0.39, 0.29) is 11.6 Å². The van der Waals surface area contributed by atoms with Crippen molar-refractivity contribution in [1.82, 2.24) is 19.5 Å².